The third-order valence-electron chi connectivity index (χ3n) is 11.5. The van der Waals surface area contributed by atoms with Crippen LogP contribution < -0.4 is 26.2 Å². The van der Waals surface area contributed by atoms with Crippen LogP contribution in [0.4, 0.5) is 10.5 Å². The van der Waals surface area contributed by atoms with Crippen molar-refractivity contribution in [1.29, 1.82) is 0 Å². The first-order valence-corrected chi connectivity index (χ1v) is 21.5. The number of quaternary nitrogens is 1. The van der Waals surface area contributed by atoms with E-state index in [1.165, 1.54) is 44.0 Å². The zero-order valence-electron chi connectivity index (χ0n) is 36.7. The number of aliphatic hydroxyl groups excluding tert-OH is 1. The number of hydrogen-bond acceptors (Lipinski definition) is 11. The Labute approximate surface area is 363 Å². The van der Waals surface area contributed by atoms with E-state index in [4.69, 9.17) is 10.5 Å². The van der Waals surface area contributed by atoms with Gasteiger partial charge in [-0.25, -0.2) is 24.2 Å². The summed E-state index contributed by atoms with van der Waals surface area (Å²) in [6, 6.07) is 5.31. The fraction of sp³-hybridized carbons (Fsp3) is 0.556. The number of nitrogens with two attached hydrogens (primary N) is 1. The second-order valence-corrected chi connectivity index (χ2v) is 17.5. The molecule has 4 rings (SSSR count). The average Bonchev–Trinajstić information content (AvgIpc) is 3.75. The number of aliphatic carboxylic acids is 1. The first-order valence-electron chi connectivity index (χ1n) is 21.5. The summed E-state index contributed by atoms with van der Waals surface area (Å²) in [6.07, 6.45) is 6.74. The van der Waals surface area contributed by atoms with Crippen LogP contribution in [0.25, 0.3) is 0 Å². The lowest BCUT2D eigenvalue weighted by atomic mass is 9.81. The Morgan fingerprint density at radius 1 is 0.919 bits per heavy atom. The smallest absolute Gasteiger partial charge is 0.408 e. The SMILES string of the molecule is CC[C@H](C)[C@H](NC(=O)C[C@H](O)[C@H](CC1CCCCC1)[N+](C(=O)[C@H](C)NC(=O)OC(C)(C)C)(C(=O)[C@H](Cc1cnc[nH]1)NC(=O)[C@@H](N)Cc1ccccc1)c1cccnc1)C(=O)O. The van der Waals surface area contributed by atoms with E-state index in [-0.39, 0.29) is 30.9 Å². The number of amides is 5. The summed E-state index contributed by atoms with van der Waals surface area (Å²) in [7, 11) is 0. The Balaban J connectivity index is 1.96. The minimum Gasteiger partial charge on any atom is -0.480 e. The molecule has 0 radical (unpaired) electrons. The van der Waals surface area contributed by atoms with Gasteiger partial charge in [0.05, 0.1) is 25.0 Å². The summed E-state index contributed by atoms with van der Waals surface area (Å²) in [4.78, 5) is 96.8. The van der Waals surface area contributed by atoms with E-state index in [9.17, 15) is 29.4 Å². The number of hydrogen-bond donors (Lipinski definition) is 7. The van der Waals surface area contributed by atoms with Gasteiger partial charge in [-0.15, -0.1) is 0 Å². The molecule has 2 aromatic heterocycles. The Hall–Kier alpha value is -5.52. The molecule has 1 fully saturated rings. The summed E-state index contributed by atoms with van der Waals surface area (Å²) >= 11 is 0. The quantitative estimate of drug-likeness (QED) is 0.0794. The number of aromatic amines is 1. The molecule has 0 bridgehead atoms. The van der Waals surface area contributed by atoms with E-state index in [1.54, 1.807) is 34.6 Å². The van der Waals surface area contributed by atoms with Gasteiger partial charge in [-0.05, 0) is 57.6 Å². The fourth-order valence-corrected chi connectivity index (χ4v) is 8.18. The number of H-pyrrole nitrogens is 1. The highest BCUT2D eigenvalue weighted by Gasteiger charge is 2.60. The number of carboxylic acids is 1. The van der Waals surface area contributed by atoms with Crippen molar-refractivity contribution in [2.75, 3.05) is 0 Å². The Bertz CT molecular complexity index is 1940. The molecule has 1 aliphatic carbocycles. The lowest BCUT2D eigenvalue weighted by molar-refractivity contribution is -0.154. The molecule has 5 amide bonds. The van der Waals surface area contributed by atoms with Crippen LogP contribution in [0.5, 0.6) is 0 Å². The molecule has 2 heterocycles. The van der Waals surface area contributed by atoms with Gasteiger partial charge in [0.25, 0.3) is 0 Å². The number of ether oxygens (including phenoxy) is 1. The van der Waals surface area contributed by atoms with Crippen molar-refractivity contribution in [3.05, 3.63) is 78.6 Å². The number of carbonyl (C=O) groups is 6. The maximum Gasteiger partial charge on any atom is 0.408 e. The first-order chi connectivity index (χ1) is 29.4. The van der Waals surface area contributed by atoms with Crippen LogP contribution in [0.2, 0.25) is 0 Å². The summed E-state index contributed by atoms with van der Waals surface area (Å²) < 4.78 is 4.20. The molecule has 3 aromatic rings. The van der Waals surface area contributed by atoms with Gasteiger partial charge in [-0.1, -0.05) is 82.7 Å². The van der Waals surface area contributed by atoms with Gasteiger partial charge in [0.1, 0.15) is 29.8 Å². The largest absolute Gasteiger partial charge is 0.480 e. The van der Waals surface area contributed by atoms with Gasteiger partial charge in [0.2, 0.25) is 11.8 Å². The van der Waals surface area contributed by atoms with Crippen LogP contribution >= 0.6 is 0 Å². The number of pyridine rings is 1. The Kier molecular flexibility index (Phi) is 17.9. The molecule has 17 nitrogen and oxygen atoms in total. The third-order valence-corrected chi connectivity index (χ3v) is 11.5. The van der Waals surface area contributed by atoms with Gasteiger partial charge >= 0.3 is 23.9 Å². The lowest BCUT2D eigenvalue weighted by Crippen LogP contribution is -2.75. The molecule has 8 N–H and O–H groups in total. The number of carbonyl (C=O) groups excluding carboxylic acids is 5. The highest BCUT2D eigenvalue weighted by molar-refractivity contribution is 6.14. The predicted molar refractivity (Wildman–Crippen MR) is 232 cm³/mol. The Morgan fingerprint density at radius 3 is 2.19 bits per heavy atom. The number of nitrogens with one attached hydrogen (secondary N) is 4. The van der Waals surface area contributed by atoms with Crippen LogP contribution in [-0.2, 0) is 41.6 Å². The van der Waals surface area contributed by atoms with Crippen LogP contribution in [-0.4, -0.2) is 103 Å². The number of aromatic nitrogens is 3. The van der Waals surface area contributed by atoms with E-state index >= 15 is 9.59 Å². The summed E-state index contributed by atoms with van der Waals surface area (Å²) in [6.45, 7) is 9.83. The Morgan fingerprint density at radius 2 is 1.61 bits per heavy atom. The summed E-state index contributed by atoms with van der Waals surface area (Å²) in [5.74, 6) is -5.15. The van der Waals surface area contributed by atoms with E-state index < -0.39 is 94.4 Å². The third kappa shape index (κ3) is 13.2. The fourth-order valence-electron chi connectivity index (χ4n) is 8.18. The van der Waals surface area contributed by atoms with E-state index in [2.05, 4.69) is 30.9 Å². The van der Waals surface area contributed by atoms with Crippen molar-refractivity contribution in [2.45, 2.75) is 148 Å². The summed E-state index contributed by atoms with van der Waals surface area (Å²) in [5.41, 5.74) is 6.72. The molecule has 338 valence electrons. The van der Waals surface area contributed by atoms with Crippen molar-refractivity contribution in [2.24, 2.45) is 17.6 Å². The molecule has 17 heteroatoms. The number of nitrogens with zero attached hydrogens (tertiary/aromatic N) is 3. The molecule has 0 saturated heterocycles. The average molecular weight is 862 g/mol. The minimum atomic E-state index is -1.76. The molecule has 1 aromatic carbocycles. The number of benzene rings is 1. The van der Waals surface area contributed by atoms with Crippen molar-refractivity contribution >= 4 is 41.4 Å². The monoisotopic (exact) mass is 861 g/mol. The topological polar surface area (TPSA) is 256 Å². The number of alkyl carbamates (subject to hydrolysis) is 1. The normalized spacial score (nSPS) is 17.7. The van der Waals surface area contributed by atoms with E-state index in [0.29, 0.717) is 25.0 Å². The van der Waals surface area contributed by atoms with Crippen LogP contribution in [0.3, 0.4) is 0 Å². The van der Waals surface area contributed by atoms with Gasteiger partial charge < -0.3 is 41.6 Å². The first kappa shape index (κ1) is 49.1. The molecule has 1 unspecified atom stereocenters. The van der Waals surface area contributed by atoms with Crippen molar-refractivity contribution in [3.8, 4) is 0 Å². The number of rotatable bonds is 20. The van der Waals surface area contributed by atoms with Crippen molar-refractivity contribution < 1.29 is 43.7 Å². The summed E-state index contributed by atoms with van der Waals surface area (Å²) in [5, 5.41) is 30.5. The predicted octanol–water partition coefficient (Wildman–Crippen LogP) is 4.08. The van der Waals surface area contributed by atoms with Crippen LogP contribution in [0.1, 0.15) is 104 Å². The zero-order chi connectivity index (χ0) is 45.6. The van der Waals surface area contributed by atoms with Gasteiger partial charge in [-0.3, -0.25) is 14.6 Å². The second-order valence-electron chi connectivity index (χ2n) is 17.5. The molecule has 0 spiro atoms. The molecule has 8 atom stereocenters. The minimum absolute atomic E-state index is 0.000989. The standard InChI is InChI=1S/C45H64N8O9/c1-7-28(2)39(43(59)60)52-38(55)24-37(54)36(22-31-17-12-9-13-18-31)53(33-19-14-20-47-26-33,41(57)29(3)50-44(61)62-45(4,5)6)42(58)35(23-32-25-48-27-49-32)51-40(56)34(46)21-30-15-10-8-11-16-30/h8,10-11,14-16,19-20,25-29,31,34-37,39,54H,7,9,12-13,17-18,21-24,46H2,1-6H3,(H4-,48,49,50,51,52,55,56,59,60,61)/p+1/t28-,29-,34-,35-,36-,37-,39-,53?/m0/s1. The molecule has 1 aliphatic rings. The highest BCUT2D eigenvalue weighted by Crippen LogP contribution is 2.38. The van der Waals surface area contributed by atoms with Gasteiger partial charge in [-0.2, -0.15) is 4.48 Å². The zero-order valence-corrected chi connectivity index (χ0v) is 36.7. The molecule has 0 aliphatic heterocycles. The molecule has 1 saturated carbocycles. The van der Waals surface area contributed by atoms with E-state index in [1.807, 2.05) is 30.3 Å². The van der Waals surface area contributed by atoms with Gasteiger partial charge in [0, 0.05) is 37.0 Å². The van der Waals surface area contributed by atoms with Gasteiger partial charge in [0.15, 0.2) is 11.7 Å². The lowest BCUT2D eigenvalue weighted by Gasteiger charge is -2.45. The number of imidazole rings is 1. The maximum atomic E-state index is 16.1. The van der Waals surface area contributed by atoms with Crippen LogP contribution in [0, 0.1) is 11.8 Å². The number of aliphatic hydroxyl groups is 1. The van der Waals surface area contributed by atoms with Crippen molar-refractivity contribution in [3.63, 3.8) is 0 Å². The molecular formula is C45H65N8O9+. The van der Waals surface area contributed by atoms with Crippen LogP contribution in [0.15, 0.2) is 67.4 Å². The maximum absolute atomic E-state index is 16.1. The molecular weight excluding hydrogens is 797 g/mol. The van der Waals surface area contributed by atoms with Crippen molar-refractivity contribution in [1.82, 2.24) is 35.4 Å². The molecule has 62 heavy (non-hydrogen) atoms. The second kappa shape index (κ2) is 22.5. The number of imide groups is 1. The number of carboxylic acid groups (broad SMARTS) is 1. The van der Waals surface area contributed by atoms with E-state index in [0.717, 1.165) is 24.8 Å². The highest BCUT2D eigenvalue weighted by atomic mass is 16.6.